The first-order valence-corrected chi connectivity index (χ1v) is 6.06. The van der Waals surface area contributed by atoms with E-state index in [1.54, 1.807) is 7.11 Å². The highest BCUT2D eigenvalue weighted by atomic mass is 16.5. The molecule has 2 heteroatoms. The van der Waals surface area contributed by atoms with Crippen molar-refractivity contribution in [1.29, 1.82) is 0 Å². The predicted octanol–water partition coefficient (Wildman–Crippen LogP) is 3.10. The van der Waals surface area contributed by atoms with Gasteiger partial charge < -0.3 is 10.5 Å². The van der Waals surface area contributed by atoms with E-state index >= 15 is 0 Å². The van der Waals surface area contributed by atoms with Gasteiger partial charge in [0.1, 0.15) is 5.75 Å². The largest absolute Gasteiger partial charge is 0.496 e. The number of benzene rings is 1. The van der Waals surface area contributed by atoms with Crippen molar-refractivity contribution in [3.63, 3.8) is 0 Å². The van der Waals surface area contributed by atoms with Gasteiger partial charge in [0.15, 0.2) is 0 Å². The Bertz CT molecular complexity index is 321. The van der Waals surface area contributed by atoms with Crippen LogP contribution in [0.5, 0.6) is 5.75 Å². The van der Waals surface area contributed by atoms with Gasteiger partial charge in [-0.25, -0.2) is 0 Å². The van der Waals surface area contributed by atoms with Gasteiger partial charge in [0.25, 0.3) is 0 Å². The molecule has 0 saturated carbocycles. The summed E-state index contributed by atoms with van der Waals surface area (Å²) in [6, 6.07) is 6.32. The van der Waals surface area contributed by atoms with Gasteiger partial charge in [-0.1, -0.05) is 26.0 Å². The molecule has 0 atom stereocenters. The lowest BCUT2D eigenvalue weighted by atomic mass is 9.93. The molecular formula is C14H23NO. The number of ether oxygens (including phenoxy) is 1. The highest BCUT2D eigenvalue weighted by Crippen LogP contribution is 2.30. The average molecular weight is 221 g/mol. The zero-order chi connectivity index (χ0) is 12.0. The molecule has 0 saturated heterocycles. The molecule has 1 aromatic carbocycles. The smallest absolute Gasteiger partial charge is 0.122 e. The highest BCUT2D eigenvalue weighted by Gasteiger charge is 2.11. The monoisotopic (exact) mass is 221 g/mol. The molecule has 0 aromatic heterocycles. The lowest BCUT2D eigenvalue weighted by Crippen LogP contribution is -2.03. The van der Waals surface area contributed by atoms with Gasteiger partial charge in [-0.3, -0.25) is 0 Å². The lowest BCUT2D eigenvalue weighted by molar-refractivity contribution is 0.406. The fraction of sp³-hybridized carbons (Fsp3) is 0.571. The van der Waals surface area contributed by atoms with Gasteiger partial charge in [0, 0.05) is 0 Å². The topological polar surface area (TPSA) is 35.2 Å². The number of methoxy groups -OCH3 is 1. The first kappa shape index (κ1) is 13.0. The van der Waals surface area contributed by atoms with E-state index in [9.17, 15) is 0 Å². The van der Waals surface area contributed by atoms with Crippen LogP contribution in [0.1, 0.15) is 43.7 Å². The second kappa shape index (κ2) is 6.54. The fourth-order valence-electron chi connectivity index (χ4n) is 2.10. The van der Waals surface area contributed by atoms with Crippen LogP contribution in [0.3, 0.4) is 0 Å². The second-order valence-corrected chi connectivity index (χ2v) is 4.43. The van der Waals surface area contributed by atoms with E-state index < -0.39 is 0 Å². The van der Waals surface area contributed by atoms with E-state index in [1.807, 2.05) is 6.07 Å². The maximum absolute atomic E-state index is 5.52. The zero-order valence-corrected chi connectivity index (χ0v) is 10.6. The van der Waals surface area contributed by atoms with Crippen molar-refractivity contribution >= 4 is 0 Å². The Morgan fingerprint density at radius 3 is 2.56 bits per heavy atom. The zero-order valence-electron chi connectivity index (χ0n) is 10.6. The number of nitrogens with two attached hydrogens (primary N) is 1. The molecule has 0 radical (unpaired) electrons. The molecule has 0 unspecified atom stereocenters. The molecule has 0 heterocycles. The maximum atomic E-state index is 5.52. The minimum absolute atomic E-state index is 0.504. The number of unbranched alkanes of at least 4 members (excludes halogenated alkanes) is 1. The van der Waals surface area contributed by atoms with Gasteiger partial charge in [-0.05, 0) is 48.9 Å². The van der Waals surface area contributed by atoms with Crippen molar-refractivity contribution in [1.82, 2.24) is 0 Å². The molecule has 0 aliphatic carbocycles. The van der Waals surface area contributed by atoms with Gasteiger partial charge in [-0.2, -0.15) is 0 Å². The number of rotatable bonds is 6. The third-order valence-corrected chi connectivity index (χ3v) is 2.85. The summed E-state index contributed by atoms with van der Waals surface area (Å²) in [4.78, 5) is 0. The van der Waals surface area contributed by atoms with Crippen LogP contribution >= 0.6 is 0 Å². The first-order valence-electron chi connectivity index (χ1n) is 6.06. The summed E-state index contributed by atoms with van der Waals surface area (Å²) in [7, 11) is 1.74. The Morgan fingerprint density at radius 1 is 1.25 bits per heavy atom. The van der Waals surface area contributed by atoms with E-state index in [4.69, 9.17) is 10.5 Å². The normalized spacial score (nSPS) is 10.8. The Balaban J connectivity index is 2.89. The van der Waals surface area contributed by atoms with Crippen LogP contribution in [-0.4, -0.2) is 13.7 Å². The number of hydrogen-bond donors (Lipinski definition) is 1. The van der Waals surface area contributed by atoms with Gasteiger partial charge in [-0.15, -0.1) is 0 Å². The summed E-state index contributed by atoms with van der Waals surface area (Å²) in [5.41, 5.74) is 8.28. The molecule has 0 bridgehead atoms. The van der Waals surface area contributed by atoms with E-state index in [2.05, 4.69) is 26.0 Å². The standard InChI is InChI=1S/C14H23NO/c1-11(2)14-12(7-4-5-10-15)8-6-9-13(14)16-3/h6,8-9,11H,4-5,7,10,15H2,1-3H3. The Morgan fingerprint density at radius 2 is 2.00 bits per heavy atom. The van der Waals surface area contributed by atoms with Crippen molar-refractivity contribution in [2.75, 3.05) is 13.7 Å². The first-order chi connectivity index (χ1) is 7.70. The molecule has 0 aliphatic rings. The molecule has 90 valence electrons. The average Bonchev–Trinajstić information content (AvgIpc) is 2.28. The van der Waals surface area contributed by atoms with Crippen molar-refractivity contribution in [3.8, 4) is 5.75 Å². The maximum Gasteiger partial charge on any atom is 0.122 e. The van der Waals surface area contributed by atoms with Crippen LogP contribution < -0.4 is 10.5 Å². The van der Waals surface area contributed by atoms with Crippen molar-refractivity contribution in [3.05, 3.63) is 29.3 Å². The molecule has 0 fully saturated rings. The molecule has 16 heavy (non-hydrogen) atoms. The van der Waals surface area contributed by atoms with Gasteiger partial charge in [0.05, 0.1) is 7.11 Å². The van der Waals surface area contributed by atoms with Crippen molar-refractivity contribution < 1.29 is 4.74 Å². The minimum atomic E-state index is 0.504. The fourth-order valence-corrected chi connectivity index (χ4v) is 2.10. The van der Waals surface area contributed by atoms with E-state index in [0.717, 1.165) is 31.6 Å². The quantitative estimate of drug-likeness (QED) is 0.749. The molecular weight excluding hydrogens is 198 g/mol. The van der Waals surface area contributed by atoms with Gasteiger partial charge >= 0.3 is 0 Å². The Kier molecular flexibility index (Phi) is 5.33. The van der Waals surface area contributed by atoms with E-state index in [1.165, 1.54) is 11.1 Å². The van der Waals surface area contributed by atoms with E-state index in [0.29, 0.717) is 5.92 Å². The molecule has 1 rings (SSSR count). The minimum Gasteiger partial charge on any atom is -0.496 e. The summed E-state index contributed by atoms with van der Waals surface area (Å²) in [6.45, 7) is 5.20. The second-order valence-electron chi connectivity index (χ2n) is 4.43. The summed E-state index contributed by atoms with van der Waals surface area (Å²) in [5, 5.41) is 0. The van der Waals surface area contributed by atoms with Crippen molar-refractivity contribution in [2.24, 2.45) is 5.73 Å². The number of hydrogen-bond acceptors (Lipinski definition) is 2. The molecule has 2 N–H and O–H groups in total. The summed E-state index contributed by atoms with van der Waals surface area (Å²) < 4.78 is 5.43. The highest BCUT2D eigenvalue weighted by molar-refractivity contribution is 5.42. The third kappa shape index (κ3) is 3.24. The molecule has 0 spiro atoms. The number of aryl methyl sites for hydroxylation is 1. The lowest BCUT2D eigenvalue weighted by Gasteiger charge is -2.16. The summed E-state index contributed by atoms with van der Waals surface area (Å²) in [5.74, 6) is 1.52. The van der Waals surface area contributed by atoms with Gasteiger partial charge in [0.2, 0.25) is 0 Å². The summed E-state index contributed by atoms with van der Waals surface area (Å²) >= 11 is 0. The summed E-state index contributed by atoms with van der Waals surface area (Å²) in [6.07, 6.45) is 3.35. The molecule has 0 amide bonds. The SMILES string of the molecule is COc1cccc(CCCCN)c1C(C)C. The van der Waals surface area contributed by atoms with Crippen molar-refractivity contribution in [2.45, 2.75) is 39.0 Å². The van der Waals surface area contributed by atoms with E-state index in [-0.39, 0.29) is 0 Å². The van der Waals surface area contributed by atoms with Crippen LogP contribution in [0.15, 0.2) is 18.2 Å². The van der Waals surface area contributed by atoms with Crippen LogP contribution in [0, 0.1) is 0 Å². The molecule has 2 nitrogen and oxygen atoms in total. The van der Waals surface area contributed by atoms with Crippen LogP contribution in [-0.2, 0) is 6.42 Å². The molecule has 0 aliphatic heterocycles. The Labute approximate surface area is 98.8 Å². The van der Waals surface area contributed by atoms with Crippen LogP contribution in [0.25, 0.3) is 0 Å². The molecule has 1 aromatic rings. The van der Waals surface area contributed by atoms with Crippen LogP contribution in [0.2, 0.25) is 0 Å². The van der Waals surface area contributed by atoms with Crippen LogP contribution in [0.4, 0.5) is 0 Å². The Hall–Kier alpha value is -1.02. The third-order valence-electron chi connectivity index (χ3n) is 2.85. The predicted molar refractivity (Wildman–Crippen MR) is 69.1 cm³/mol.